The molecule has 0 aromatic heterocycles. The van der Waals surface area contributed by atoms with Crippen LogP contribution >= 0.6 is 0 Å². The van der Waals surface area contributed by atoms with Crippen LogP contribution in [0.25, 0.3) is 0 Å². The highest BCUT2D eigenvalue weighted by Crippen LogP contribution is 1.53. The molecule has 0 bridgehead atoms. The van der Waals surface area contributed by atoms with Gasteiger partial charge in [-0.05, 0) is 6.72 Å². The van der Waals surface area contributed by atoms with Gasteiger partial charge in [-0.25, -0.2) is 9.79 Å². The number of amides is 2. The van der Waals surface area contributed by atoms with Gasteiger partial charge >= 0.3 is 6.03 Å². The number of aliphatic imine (C=N–C) groups is 1. The summed E-state index contributed by atoms with van der Waals surface area (Å²) in [6.07, 6.45) is 0. The van der Waals surface area contributed by atoms with Gasteiger partial charge in [0, 0.05) is 0 Å². The molecule has 0 spiro atoms. The van der Waals surface area contributed by atoms with Crippen LogP contribution in [0, 0.1) is 0 Å². The predicted octanol–water partition coefficient (Wildman–Crippen LogP) is -0.419. The first-order valence-corrected chi connectivity index (χ1v) is 1.32. The maximum Gasteiger partial charge on any atom is 0.337 e. The van der Waals surface area contributed by atoms with Gasteiger partial charge in [0.1, 0.15) is 6.79 Å². The highest BCUT2D eigenvalue weighted by atomic mass is 16.2. The second-order valence-electron chi connectivity index (χ2n) is 0.496. The zero-order chi connectivity index (χ0) is 6.28. The molecule has 40 valence electrons. The van der Waals surface area contributed by atoms with E-state index in [0.29, 0.717) is 0 Å². The minimum absolute atomic E-state index is 0.731. The highest BCUT2D eigenvalue weighted by molar-refractivity contribution is 5.76. The van der Waals surface area contributed by atoms with Crippen LogP contribution in [0.1, 0.15) is 0 Å². The summed E-state index contributed by atoms with van der Waals surface area (Å²) in [4.78, 5) is 20.1. The number of urea groups is 1. The lowest BCUT2D eigenvalue weighted by Crippen LogP contribution is -2.01. The van der Waals surface area contributed by atoms with Gasteiger partial charge in [0.05, 0.1) is 0 Å². The standard InChI is InChI=1S/C2H4N2O.CH2O/c1-4-2(3)5;1-2/h1H2,(H2,3,5);1H2. The Morgan fingerprint density at radius 2 is 1.71 bits per heavy atom. The Morgan fingerprint density at radius 3 is 1.71 bits per heavy atom. The van der Waals surface area contributed by atoms with Crippen LogP contribution in [-0.2, 0) is 4.79 Å². The van der Waals surface area contributed by atoms with Crippen molar-refractivity contribution in [2.24, 2.45) is 10.7 Å². The summed E-state index contributed by atoms with van der Waals surface area (Å²) in [6, 6.07) is -0.731. The third-order valence-corrected chi connectivity index (χ3v) is 0.156. The van der Waals surface area contributed by atoms with Crippen LogP contribution < -0.4 is 5.73 Å². The first-order valence-electron chi connectivity index (χ1n) is 1.32. The van der Waals surface area contributed by atoms with Crippen molar-refractivity contribution in [3.63, 3.8) is 0 Å². The minimum atomic E-state index is -0.731. The maximum absolute atomic E-state index is 9.36. The van der Waals surface area contributed by atoms with Gasteiger partial charge in [-0.3, -0.25) is 0 Å². The second-order valence-corrected chi connectivity index (χ2v) is 0.496. The molecule has 2 N–H and O–H groups in total. The van der Waals surface area contributed by atoms with Crippen LogP contribution in [0.3, 0.4) is 0 Å². The molecule has 0 aromatic rings. The molecule has 2 amide bonds. The van der Waals surface area contributed by atoms with Crippen molar-refractivity contribution in [2.75, 3.05) is 0 Å². The third kappa shape index (κ3) is 57.9. The topological polar surface area (TPSA) is 72.5 Å². The Balaban J connectivity index is 0. The molecule has 0 unspecified atom stereocenters. The van der Waals surface area contributed by atoms with E-state index in [9.17, 15) is 4.79 Å². The Labute approximate surface area is 41.0 Å². The van der Waals surface area contributed by atoms with Crippen molar-refractivity contribution in [2.45, 2.75) is 0 Å². The average molecular weight is 102 g/mol. The van der Waals surface area contributed by atoms with Crippen molar-refractivity contribution in [1.29, 1.82) is 0 Å². The van der Waals surface area contributed by atoms with Crippen LogP contribution in [0.15, 0.2) is 4.99 Å². The lowest BCUT2D eigenvalue weighted by atomic mass is 11.1. The summed E-state index contributed by atoms with van der Waals surface area (Å²) < 4.78 is 0. The number of carbonyl (C=O) groups is 2. The zero-order valence-corrected chi connectivity index (χ0v) is 3.76. The molecule has 0 aliphatic heterocycles. The molecule has 0 rings (SSSR count). The molecule has 0 aliphatic carbocycles. The number of rotatable bonds is 0. The Kier molecular flexibility index (Phi) is 11.7. The Morgan fingerprint density at radius 1 is 1.57 bits per heavy atom. The molecule has 0 fully saturated rings. The van der Waals surface area contributed by atoms with Crippen LogP contribution in [0.5, 0.6) is 0 Å². The van der Waals surface area contributed by atoms with Crippen molar-refractivity contribution in [3.05, 3.63) is 0 Å². The molecule has 7 heavy (non-hydrogen) atoms. The lowest BCUT2D eigenvalue weighted by molar-refractivity contribution is -0.0979. The van der Waals surface area contributed by atoms with E-state index in [-0.39, 0.29) is 0 Å². The smallest absolute Gasteiger partial charge is 0.337 e. The average Bonchev–Trinajstić information content (AvgIpc) is 1.73. The van der Waals surface area contributed by atoms with E-state index in [1.54, 1.807) is 0 Å². The number of hydrogen-bond donors (Lipinski definition) is 1. The first kappa shape index (κ1) is 9.26. The summed E-state index contributed by atoms with van der Waals surface area (Å²) >= 11 is 0. The fraction of sp³-hybridized carbons (Fsp3) is 0. The molecule has 0 aromatic carbocycles. The van der Waals surface area contributed by atoms with Crippen molar-refractivity contribution >= 4 is 19.5 Å². The number of nitrogens with two attached hydrogens (primary N) is 1. The van der Waals surface area contributed by atoms with E-state index in [0.717, 1.165) is 0 Å². The highest BCUT2D eigenvalue weighted by Gasteiger charge is 1.70. The van der Waals surface area contributed by atoms with Crippen molar-refractivity contribution < 1.29 is 9.59 Å². The fourth-order valence-corrected chi connectivity index (χ4v) is 0. The van der Waals surface area contributed by atoms with Crippen LogP contribution in [-0.4, -0.2) is 19.5 Å². The van der Waals surface area contributed by atoms with Gasteiger partial charge in [0.2, 0.25) is 0 Å². The summed E-state index contributed by atoms with van der Waals surface area (Å²) in [5.74, 6) is 0. The molecule has 4 nitrogen and oxygen atoms in total. The molecule has 0 aliphatic rings. The number of primary amides is 1. The van der Waals surface area contributed by atoms with Gasteiger partial charge in [-0.2, -0.15) is 0 Å². The molecular formula is C3H6N2O2. The van der Waals surface area contributed by atoms with E-state index < -0.39 is 6.03 Å². The number of hydrogen-bond acceptors (Lipinski definition) is 2. The number of carbonyl (C=O) groups excluding carboxylic acids is 2. The molecular weight excluding hydrogens is 96.0 g/mol. The van der Waals surface area contributed by atoms with E-state index in [4.69, 9.17) is 4.79 Å². The normalized spacial score (nSPS) is 5.14. The van der Waals surface area contributed by atoms with E-state index in [2.05, 4.69) is 17.4 Å². The van der Waals surface area contributed by atoms with Gasteiger partial charge in [-0.1, -0.05) is 0 Å². The summed E-state index contributed by atoms with van der Waals surface area (Å²) in [7, 11) is 0. The zero-order valence-electron chi connectivity index (χ0n) is 3.76. The molecule has 0 saturated carbocycles. The Bertz CT molecular complexity index is 71.3. The predicted molar refractivity (Wildman–Crippen MR) is 26.3 cm³/mol. The monoisotopic (exact) mass is 102 g/mol. The summed E-state index contributed by atoms with van der Waals surface area (Å²) in [5, 5.41) is 0. The van der Waals surface area contributed by atoms with Gasteiger partial charge < -0.3 is 10.5 Å². The van der Waals surface area contributed by atoms with E-state index in [1.165, 1.54) is 0 Å². The van der Waals surface area contributed by atoms with Crippen molar-refractivity contribution in [3.8, 4) is 0 Å². The van der Waals surface area contributed by atoms with E-state index in [1.807, 2.05) is 6.79 Å². The Hall–Kier alpha value is -1.19. The molecule has 0 radical (unpaired) electrons. The van der Waals surface area contributed by atoms with Gasteiger partial charge in [0.15, 0.2) is 0 Å². The summed E-state index contributed by atoms with van der Waals surface area (Å²) in [6.45, 7) is 4.84. The maximum atomic E-state index is 9.36. The molecule has 0 atom stereocenters. The molecule has 0 saturated heterocycles. The van der Waals surface area contributed by atoms with Gasteiger partial charge in [0.25, 0.3) is 0 Å². The minimum Gasteiger partial charge on any atom is -0.350 e. The van der Waals surface area contributed by atoms with Crippen LogP contribution in [0.4, 0.5) is 4.79 Å². The van der Waals surface area contributed by atoms with E-state index >= 15 is 0 Å². The number of nitrogens with zero attached hydrogens (tertiary/aromatic N) is 1. The lowest BCUT2D eigenvalue weighted by Gasteiger charge is -1.66. The first-order chi connectivity index (χ1) is 3.27. The quantitative estimate of drug-likeness (QED) is 0.422. The van der Waals surface area contributed by atoms with Crippen molar-refractivity contribution in [1.82, 2.24) is 0 Å². The third-order valence-electron chi connectivity index (χ3n) is 0.156. The fourth-order valence-electron chi connectivity index (χ4n) is 0. The molecule has 4 heteroatoms. The summed E-state index contributed by atoms with van der Waals surface area (Å²) in [5.41, 5.74) is 4.42. The van der Waals surface area contributed by atoms with Crippen LogP contribution in [0.2, 0.25) is 0 Å². The molecule has 0 heterocycles. The van der Waals surface area contributed by atoms with Gasteiger partial charge in [-0.15, -0.1) is 0 Å². The SMILES string of the molecule is C=NC(N)=O.C=O. The second kappa shape index (κ2) is 8.84. The largest absolute Gasteiger partial charge is 0.350 e.